The first-order valence-electron chi connectivity index (χ1n) is 11.2. The molecule has 3 atom stereocenters. The summed E-state index contributed by atoms with van der Waals surface area (Å²) in [5.74, 6) is -0.503. The minimum atomic E-state index is -0.577. The van der Waals surface area contributed by atoms with Gasteiger partial charge in [-0.15, -0.1) is 11.8 Å². The monoisotopic (exact) mass is 465 g/mol. The van der Waals surface area contributed by atoms with E-state index in [0.717, 1.165) is 12.0 Å². The van der Waals surface area contributed by atoms with Gasteiger partial charge < -0.3 is 20.2 Å². The minimum Gasteiger partial charge on any atom is -0.508 e. The molecule has 0 saturated carbocycles. The van der Waals surface area contributed by atoms with Crippen LogP contribution in [0, 0.1) is 5.92 Å². The van der Waals surface area contributed by atoms with E-state index < -0.39 is 10.8 Å². The van der Waals surface area contributed by atoms with E-state index in [-0.39, 0.29) is 34.8 Å². The van der Waals surface area contributed by atoms with Gasteiger partial charge in [-0.2, -0.15) is 0 Å². The summed E-state index contributed by atoms with van der Waals surface area (Å²) in [6.45, 7) is 4.96. The van der Waals surface area contributed by atoms with E-state index in [1.54, 1.807) is 33.7 Å². The quantitative estimate of drug-likeness (QED) is 0.676. The zero-order valence-electron chi connectivity index (χ0n) is 18.7. The van der Waals surface area contributed by atoms with Gasteiger partial charge in [0.25, 0.3) is 5.91 Å². The molecular weight excluding hydrogens is 438 g/mol. The van der Waals surface area contributed by atoms with Crippen LogP contribution in [0.5, 0.6) is 5.75 Å². The van der Waals surface area contributed by atoms with E-state index in [1.807, 2.05) is 38.1 Å². The van der Waals surface area contributed by atoms with Crippen molar-refractivity contribution in [2.45, 2.75) is 42.9 Å². The lowest BCUT2D eigenvalue weighted by atomic mass is 9.94. The number of rotatable bonds is 3. The number of hydrogen-bond donors (Lipinski definition) is 2. The summed E-state index contributed by atoms with van der Waals surface area (Å²) < 4.78 is -0.438. The molecule has 0 aromatic heterocycles. The standard InChI is InChI=1S/C25H27N3O4S/c1-25(2)20(28-22(31)18-7-3-4-8-19(18)24(28)33-25)23(32)27-13-5-6-15(14-27)21(30)26-16-9-11-17(29)12-10-16/h3-4,7-12,15,20,24,29H,5-6,13-14H2,1-2H3,(H,26,30). The number of amides is 3. The van der Waals surface area contributed by atoms with E-state index in [0.29, 0.717) is 30.8 Å². The molecule has 3 amide bonds. The Labute approximate surface area is 197 Å². The average Bonchev–Trinajstić information content (AvgIpc) is 3.24. The van der Waals surface area contributed by atoms with Crippen LogP contribution in [0.4, 0.5) is 5.69 Å². The van der Waals surface area contributed by atoms with Gasteiger partial charge in [0, 0.05) is 29.1 Å². The SMILES string of the molecule is CC1(C)SC2c3ccccc3C(=O)N2C1C(=O)N1CCCC(C(=O)Nc2ccc(O)cc2)C1. The summed E-state index contributed by atoms with van der Waals surface area (Å²) in [6.07, 6.45) is 1.44. The smallest absolute Gasteiger partial charge is 0.256 e. The third-order valence-corrected chi connectivity index (χ3v) is 8.30. The Morgan fingerprint density at radius 2 is 1.85 bits per heavy atom. The molecule has 2 fully saturated rings. The van der Waals surface area contributed by atoms with E-state index in [9.17, 15) is 19.5 Å². The minimum absolute atomic E-state index is 0.0849. The van der Waals surface area contributed by atoms with Gasteiger partial charge in [0.2, 0.25) is 11.8 Å². The lowest BCUT2D eigenvalue weighted by Gasteiger charge is -2.38. The summed E-state index contributed by atoms with van der Waals surface area (Å²) in [7, 11) is 0. The predicted octanol–water partition coefficient (Wildman–Crippen LogP) is 3.62. The van der Waals surface area contributed by atoms with E-state index in [2.05, 4.69) is 5.32 Å². The Morgan fingerprint density at radius 3 is 2.61 bits per heavy atom. The molecule has 3 unspecified atom stereocenters. The molecule has 3 heterocycles. The molecule has 0 bridgehead atoms. The summed E-state index contributed by atoms with van der Waals surface area (Å²) in [5, 5.41) is 12.2. The number of fused-ring (bicyclic) bond motifs is 3. The number of nitrogens with zero attached hydrogens (tertiary/aromatic N) is 2. The molecule has 0 aliphatic carbocycles. The maximum absolute atomic E-state index is 13.8. The summed E-state index contributed by atoms with van der Waals surface area (Å²) in [4.78, 5) is 43.4. The van der Waals surface area contributed by atoms with Crippen LogP contribution in [0.2, 0.25) is 0 Å². The zero-order chi connectivity index (χ0) is 23.3. The molecule has 3 aliphatic rings. The van der Waals surface area contributed by atoms with Crippen molar-refractivity contribution in [3.63, 3.8) is 0 Å². The molecule has 2 aromatic rings. The molecule has 33 heavy (non-hydrogen) atoms. The van der Waals surface area contributed by atoms with Crippen molar-refractivity contribution in [1.82, 2.24) is 9.80 Å². The van der Waals surface area contributed by atoms with Crippen LogP contribution in [0.3, 0.4) is 0 Å². The van der Waals surface area contributed by atoms with Crippen LogP contribution in [-0.2, 0) is 9.59 Å². The molecule has 0 radical (unpaired) electrons. The van der Waals surface area contributed by atoms with Gasteiger partial charge in [-0.05, 0) is 62.6 Å². The highest BCUT2D eigenvalue weighted by atomic mass is 32.2. The van der Waals surface area contributed by atoms with Crippen LogP contribution in [0.25, 0.3) is 0 Å². The first-order valence-corrected chi connectivity index (χ1v) is 12.1. The van der Waals surface area contributed by atoms with Crippen molar-refractivity contribution in [3.8, 4) is 5.75 Å². The Bertz CT molecular complexity index is 1120. The number of carbonyl (C=O) groups is 3. The maximum Gasteiger partial charge on any atom is 0.256 e. The van der Waals surface area contributed by atoms with Crippen molar-refractivity contribution in [1.29, 1.82) is 0 Å². The highest BCUT2D eigenvalue weighted by Gasteiger charge is 2.58. The summed E-state index contributed by atoms with van der Waals surface area (Å²) in [5.41, 5.74) is 2.26. The van der Waals surface area contributed by atoms with Gasteiger partial charge in [-0.25, -0.2) is 0 Å². The van der Waals surface area contributed by atoms with Gasteiger partial charge in [0.15, 0.2) is 0 Å². The molecule has 8 heteroatoms. The molecule has 2 saturated heterocycles. The predicted molar refractivity (Wildman–Crippen MR) is 127 cm³/mol. The second-order valence-corrected chi connectivity index (χ2v) is 11.2. The Hall–Kier alpha value is -3.00. The fraction of sp³-hybridized carbons (Fsp3) is 0.400. The number of hydrogen-bond acceptors (Lipinski definition) is 5. The van der Waals surface area contributed by atoms with Crippen molar-refractivity contribution in [2.75, 3.05) is 18.4 Å². The molecule has 2 aromatic carbocycles. The van der Waals surface area contributed by atoms with Crippen LogP contribution in [-0.4, -0.2) is 56.5 Å². The number of phenolic OH excluding ortho intramolecular Hbond substituents is 1. The second-order valence-electron chi connectivity index (χ2n) is 9.44. The summed E-state index contributed by atoms with van der Waals surface area (Å²) in [6, 6.07) is 13.3. The maximum atomic E-state index is 13.8. The lowest BCUT2D eigenvalue weighted by Crippen LogP contribution is -2.56. The second kappa shape index (κ2) is 8.09. The van der Waals surface area contributed by atoms with E-state index >= 15 is 0 Å². The largest absolute Gasteiger partial charge is 0.508 e. The molecule has 2 N–H and O–H groups in total. The lowest BCUT2D eigenvalue weighted by molar-refractivity contribution is -0.139. The molecule has 3 aliphatic heterocycles. The zero-order valence-corrected chi connectivity index (χ0v) is 19.5. The van der Waals surface area contributed by atoms with Crippen molar-refractivity contribution < 1.29 is 19.5 Å². The van der Waals surface area contributed by atoms with Crippen LogP contribution in [0.1, 0.15) is 48.0 Å². The number of anilines is 1. The van der Waals surface area contributed by atoms with Gasteiger partial charge in [-0.1, -0.05) is 18.2 Å². The van der Waals surface area contributed by atoms with Crippen LogP contribution in [0.15, 0.2) is 48.5 Å². The Morgan fingerprint density at radius 1 is 1.12 bits per heavy atom. The van der Waals surface area contributed by atoms with Crippen molar-refractivity contribution >= 4 is 35.2 Å². The highest BCUT2D eigenvalue weighted by molar-refractivity contribution is 8.01. The topological polar surface area (TPSA) is 90.0 Å². The first-order chi connectivity index (χ1) is 15.8. The summed E-state index contributed by atoms with van der Waals surface area (Å²) >= 11 is 1.65. The number of likely N-dealkylation sites (tertiary alicyclic amines) is 1. The number of carbonyl (C=O) groups excluding carboxylic acids is 3. The molecule has 7 nitrogen and oxygen atoms in total. The Balaban J connectivity index is 1.33. The normalized spacial score (nSPS) is 25.5. The number of phenols is 1. The van der Waals surface area contributed by atoms with E-state index in [1.165, 1.54) is 12.1 Å². The fourth-order valence-electron chi connectivity index (χ4n) is 5.13. The Kier molecular flexibility index (Phi) is 5.35. The number of nitrogens with one attached hydrogen (secondary N) is 1. The van der Waals surface area contributed by atoms with Crippen molar-refractivity contribution in [3.05, 3.63) is 59.7 Å². The van der Waals surface area contributed by atoms with Crippen LogP contribution >= 0.6 is 11.8 Å². The molecular formula is C25H27N3O4S. The number of benzene rings is 2. The first kappa shape index (κ1) is 21.8. The molecule has 5 rings (SSSR count). The third-order valence-electron chi connectivity index (χ3n) is 6.77. The number of aromatic hydroxyl groups is 1. The van der Waals surface area contributed by atoms with E-state index in [4.69, 9.17) is 0 Å². The number of thioether (sulfide) groups is 1. The molecule has 0 spiro atoms. The number of piperidine rings is 1. The highest BCUT2D eigenvalue weighted by Crippen LogP contribution is 2.56. The average molecular weight is 466 g/mol. The van der Waals surface area contributed by atoms with Crippen LogP contribution < -0.4 is 5.32 Å². The van der Waals surface area contributed by atoms with Gasteiger partial charge >= 0.3 is 0 Å². The van der Waals surface area contributed by atoms with Gasteiger partial charge in [0.1, 0.15) is 17.2 Å². The van der Waals surface area contributed by atoms with Gasteiger partial charge in [0.05, 0.1) is 5.92 Å². The van der Waals surface area contributed by atoms with Crippen molar-refractivity contribution in [2.24, 2.45) is 5.92 Å². The fourth-order valence-corrected chi connectivity index (χ4v) is 6.71. The van der Waals surface area contributed by atoms with Gasteiger partial charge in [-0.3, -0.25) is 14.4 Å². The third kappa shape index (κ3) is 3.76. The molecule has 172 valence electrons.